The van der Waals surface area contributed by atoms with E-state index in [-0.39, 0.29) is 24.0 Å². The zero-order chi connectivity index (χ0) is 20.6. The Morgan fingerprint density at radius 2 is 2.00 bits per heavy atom. The van der Waals surface area contributed by atoms with Crippen LogP contribution >= 0.6 is 24.0 Å². The van der Waals surface area contributed by atoms with Gasteiger partial charge in [0, 0.05) is 43.9 Å². The molecule has 1 aliphatic rings. The fourth-order valence-electron chi connectivity index (χ4n) is 2.90. The van der Waals surface area contributed by atoms with Crippen molar-refractivity contribution in [3.05, 3.63) is 48.4 Å². The second kappa shape index (κ2) is 11.5. The molecule has 3 aromatic rings. The zero-order valence-electron chi connectivity index (χ0n) is 17.2. The van der Waals surface area contributed by atoms with Gasteiger partial charge in [-0.1, -0.05) is 11.2 Å². The number of aliphatic imine (C=N–C) groups is 1. The van der Waals surface area contributed by atoms with Gasteiger partial charge in [0.2, 0.25) is 0 Å². The summed E-state index contributed by atoms with van der Waals surface area (Å²) in [4.78, 5) is 13.2. The van der Waals surface area contributed by atoms with Crippen LogP contribution in [0.5, 0.6) is 11.5 Å². The maximum atomic E-state index is 5.75. The Balaban J connectivity index is 0.00000272. The number of benzene rings is 1. The molecule has 0 saturated heterocycles. The third-order valence-corrected chi connectivity index (χ3v) is 4.31. The van der Waals surface area contributed by atoms with Gasteiger partial charge in [-0.2, -0.15) is 4.98 Å². The summed E-state index contributed by atoms with van der Waals surface area (Å²) in [6.07, 6.45) is 3.12. The standard InChI is InChI=1S/C21H24N6O3.HI/c1-2-22-21(25-15-7-8-17-18(14-15)29-13-5-12-28-17)24-11-9-19-26-20(30-27-19)16-6-3-4-10-23-16;/h3-4,6-8,10,14H,2,5,9,11-13H2,1H3,(H2,22,24,25);1H. The summed E-state index contributed by atoms with van der Waals surface area (Å²) >= 11 is 0. The Morgan fingerprint density at radius 1 is 1.13 bits per heavy atom. The van der Waals surface area contributed by atoms with Gasteiger partial charge in [0.1, 0.15) is 5.69 Å². The molecular weight excluding hydrogens is 511 g/mol. The molecule has 0 fully saturated rings. The lowest BCUT2D eigenvalue weighted by Gasteiger charge is -2.13. The molecule has 0 saturated carbocycles. The fourth-order valence-corrected chi connectivity index (χ4v) is 2.90. The Bertz CT molecular complexity index is 996. The number of hydrogen-bond acceptors (Lipinski definition) is 7. The van der Waals surface area contributed by atoms with E-state index in [9.17, 15) is 0 Å². The van der Waals surface area contributed by atoms with Gasteiger partial charge in [0.15, 0.2) is 23.3 Å². The summed E-state index contributed by atoms with van der Waals surface area (Å²) in [5.74, 6) is 3.17. The van der Waals surface area contributed by atoms with Crippen molar-refractivity contribution < 1.29 is 14.0 Å². The minimum absolute atomic E-state index is 0. The van der Waals surface area contributed by atoms with Gasteiger partial charge < -0.3 is 24.6 Å². The molecule has 4 rings (SSSR count). The number of ether oxygens (including phenoxy) is 2. The van der Waals surface area contributed by atoms with E-state index in [1.165, 1.54) is 0 Å². The third kappa shape index (κ3) is 6.29. The van der Waals surface area contributed by atoms with Crippen LogP contribution in [0.25, 0.3) is 11.6 Å². The summed E-state index contributed by atoms with van der Waals surface area (Å²) in [6.45, 7) is 4.57. The summed E-state index contributed by atoms with van der Waals surface area (Å²) < 4.78 is 16.7. The molecule has 0 atom stereocenters. The van der Waals surface area contributed by atoms with Crippen molar-refractivity contribution in [2.45, 2.75) is 19.8 Å². The molecule has 0 spiro atoms. The molecule has 1 aromatic carbocycles. The first-order chi connectivity index (χ1) is 14.8. The number of halogens is 1. The van der Waals surface area contributed by atoms with Crippen LogP contribution in [0.3, 0.4) is 0 Å². The van der Waals surface area contributed by atoms with E-state index >= 15 is 0 Å². The molecule has 164 valence electrons. The fraction of sp³-hybridized carbons (Fsp3) is 0.333. The van der Waals surface area contributed by atoms with E-state index in [1.807, 2.05) is 43.3 Å². The predicted molar refractivity (Wildman–Crippen MR) is 128 cm³/mol. The first-order valence-corrected chi connectivity index (χ1v) is 10.0. The maximum Gasteiger partial charge on any atom is 0.276 e. The minimum atomic E-state index is 0. The van der Waals surface area contributed by atoms with E-state index in [0.29, 0.717) is 49.5 Å². The van der Waals surface area contributed by atoms with E-state index < -0.39 is 0 Å². The Morgan fingerprint density at radius 3 is 2.81 bits per heavy atom. The second-order valence-electron chi connectivity index (χ2n) is 6.58. The SMILES string of the molecule is CCNC(=NCCc1noc(-c2ccccn2)n1)Nc1ccc2c(c1)OCCCO2.I. The molecule has 0 radical (unpaired) electrons. The lowest BCUT2D eigenvalue weighted by Crippen LogP contribution is -2.31. The van der Waals surface area contributed by atoms with Crippen LogP contribution in [0.2, 0.25) is 0 Å². The lowest BCUT2D eigenvalue weighted by molar-refractivity contribution is 0.297. The number of aromatic nitrogens is 3. The highest BCUT2D eigenvalue weighted by molar-refractivity contribution is 14.0. The van der Waals surface area contributed by atoms with Gasteiger partial charge in [0.05, 0.1) is 13.2 Å². The number of hydrogen-bond donors (Lipinski definition) is 2. The Hall–Kier alpha value is -2.89. The highest BCUT2D eigenvalue weighted by atomic mass is 127. The van der Waals surface area contributed by atoms with Crippen LogP contribution in [0.1, 0.15) is 19.2 Å². The minimum Gasteiger partial charge on any atom is -0.490 e. The molecule has 0 aliphatic carbocycles. The van der Waals surface area contributed by atoms with Gasteiger partial charge in [0.25, 0.3) is 5.89 Å². The molecule has 10 heteroatoms. The van der Waals surface area contributed by atoms with Crippen molar-refractivity contribution in [1.82, 2.24) is 20.4 Å². The summed E-state index contributed by atoms with van der Waals surface area (Å²) in [5.41, 5.74) is 1.53. The predicted octanol–water partition coefficient (Wildman–Crippen LogP) is 3.53. The largest absolute Gasteiger partial charge is 0.490 e. The van der Waals surface area contributed by atoms with Crippen LogP contribution in [0.4, 0.5) is 5.69 Å². The normalized spacial score (nSPS) is 13.1. The molecule has 3 heterocycles. The zero-order valence-corrected chi connectivity index (χ0v) is 19.5. The summed E-state index contributed by atoms with van der Waals surface area (Å²) in [7, 11) is 0. The number of fused-ring (bicyclic) bond motifs is 1. The average molecular weight is 536 g/mol. The number of nitrogens with one attached hydrogen (secondary N) is 2. The van der Waals surface area contributed by atoms with Crippen molar-refractivity contribution in [3.8, 4) is 23.1 Å². The smallest absolute Gasteiger partial charge is 0.276 e. The number of rotatable bonds is 6. The van der Waals surface area contributed by atoms with Crippen LogP contribution in [0.15, 0.2) is 52.1 Å². The Labute approximate surface area is 197 Å². The highest BCUT2D eigenvalue weighted by Crippen LogP contribution is 2.32. The second-order valence-corrected chi connectivity index (χ2v) is 6.58. The number of anilines is 1. The van der Waals surface area contributed by atoms with Gasteiger partial charge in [-0.15, -0.1) is 24.0 Å². The molecule has 1 aliphatic heterocycles. The highest BCUT2D eigenvalue weighted by Gasteiger charge is 2.12. The Kier molecular flexibility index (Phi) is 8.44. The molecule has 0 unspecified atom stereocenters. The maximum absolute atomic E-state index is 5.75. The summed E-state index contributed by atoms with van der Waals surface area (Å²) in [6, 6.07) is 11.3. The lowest BCUT2D eigenvalue weighted by atomic mass is 10.3. The first kappa shape index (κ1) is 22.8. The van der Waals surface area contributed by atoms with E-state index in [4.69, 9.17) is 14.0 Å². The van der Waals surface area contributed by atoms with Gasteiger partial charge in [-0.25, -0.2) is 0 Å². The first-order valence-electron chi connectivity index (χ1n) is 10.0. The molecule has 0 bridgehead atoms. The number of nitrogens with zero attached hydrogens (tertiary/aromatic N) is 4. The van der Waals surface area contributed by atoms with E-state index in [2.05, 4.69) is 30.8 Å². The van der Waals surface area contributed by atoms with Crippen LogP contribution in [-0.4, -0.2) is 47.4 Å². The van der Waals surface area contributed by atoms with Gasteiger partial charge in [-0.05, 0) is 31.2 Å². The summed E-state index contributed by atoms with van der Waals surface area (Å²) in [5, 5.41) is 10.5. The van der Waals surface area contributed by atoms with Crippen LogP contribution in [0, 0.1) is 0 Å². The average Bonchev–Trinajstić information content (AvgIpc) is 3.12. The van der Waals surface area contributed by atoms with Crippen molar-refractivity contribution in [3.63, 3.8) is 0 Å². The molecule has 2 N–H and O–H groups in total. The van der Waals surface area contributed by atoms with Crippen LogP contribution < -0.4 is 20.1 Å². The molecule has 0 amide bonds. The quantitative estimate of drug-likeness (QED) is 0.280. The molecule has 2 aromatic heterocycles. The van der Waals surface area contributed by atoms with Gasteiger partial charge in [-0.3, -0.25) is 9.98 Å². The van der Waals surface area contributed by atoms with E-state index in [1.54, 1.807) is 6.20 Å². The van der Waals surface area contributed by atoms with Crippen molar-refractivity contribution >= 4 is 35.6 Å². The van der Waals surface area contributed by atoms with Crippen molar-refractivity contribution in [2.24, 2.45) is 4.99 Å². The third-order valence-electron chi connectivity index (χ3n) is 4.31. The van der Waals surface area contributed by atoms with Crippen molar-refractivity contribution in [2.75, 3.05) is 31.6 Å². The number of pyridine rings is 1. The molecular formula is C21H25IN6O3. The topological polar surface area (TPSA) is 107 Å². The monoisotopic (exact) mass is 536 g/mol. The number of guanidine groups is 1. The van der Waals surface area contributed by atoms with Gasteiger partial charge >= 0.3 is 0 Å². The molecule has 31 heavy (non-hydrogen) atoms. The van der Waals surface area contributed by atoms with E-state index in [0.717, 1.165) is 30.2 Å². The van der Waals surface area contributed by atoms with Crippen LogP contribution in [-0.2, 0) is 6.42 Å². The molecule has 9 nitrogen and oxygen atoms in total. The van der Waals surface area contributed by atoms with Crippen molar-refractivity contribution in [1.29, 1.82) is 0 Å².